The van der Waals surface area contributed by atoms with Gasteiger partial charge in [0.1, 0.15) is 5.82 Å². The van der Waals surface area contributed by atoms with Crippen molar-refractivity contribution in [2.24, 2.45) is 20.0 Å². The Kier molecular flexibility index (Phi) is 7.71. The van der Waals surface area contributed by atoms with Gasteiger partial charge in [0.05, 0.1) is 11.6 Å². The number of rotatable bonds is 8. The van der Waals surface area contributed by atoms with E-state index in [0.717, 1.165) is 81.6 Å². The number of benzene rings is 1. The minimum absolute atomic E-state index is 0.0742. The van der Waals surface area contributed by atoms with Crippen LogP contribution in [0.1, 0.15) is 48.0 Å². The fourth-order valence-electron chi connectivity index (χ4n) is 5.13. The van der Waals surface area contributed by atoms with Crippen molar-refractivity contribution in [2.75, 3.05) is 49.5 Å². The lowest BCUT2D eigenvalue weighted by molar-refractivity contribution is 0.0923. The average molecular weight is 479 g/mol. The summed E-state index contributed by atoms with van der Waals surface area (Å²) in [6.07, 6.45) is 4.99. The normalized spacial score (nSPS) is 16.9. The zero-order valence-corrected chi connectivity index (χ0v) is 20.6. The van der Waals surface area contributed by atoms with Crippen molar-refractivity contribution < 1.29 is 4.79 Å². The standard InChI is InChI=1S/C26H34N6O3/c1-29-23(17-24(33)30(2)26(29)35)32-14-12-31(13-15-32)11-5-10-28-22-9-8-19(18-27)16-21(22)25(34)20-6-3-4-7-20/h8-9,16-17,20,28H,3-7,10-15H2,1-2H3. The molecule has 2 aliphatic rings. The summed E-state index contributed by atoms with van der Waals surface area (Å²) in [5.41, 5.74) is 1.38. The molecule has 1 aromatic heterocycles. The van der Waals surface area contributed by atoms with E-state index in [-0.39, 0.29) is 23.0 Å². The Balaban J connectivity index is 1.29. The zero-order chi connectivity index (χ0) is 24.9. The lowest BCUT2D eigenvalue weighted by Crippen LogP contribution is -2.49. The molecule has 4 rings (SSSR count). The summed E-state index contributed by atoms with van der Waals surface area (Å²) in [7, 11) is 3.19. The van der Waals surface area contributed by atoms with E-state index in [2.05, 4.69) is 21.2 Å². The number of nitrogens with zero attached hydrogens (tertiary/aromatic N) is 5. The summed E-state index contributed by atoms with van der Waals surface area (Å²) in [5, 5.41) is 12.7. The Morgan fingerprint density at radius 3 is 2.46 bits per heavy atom. The van der Waals surface area contributed by atoms with Crippen LogP contribution < -0.4 is 21.5 Å². The maximum absolute atomic E-state index is 13.0. The van der Waals surface area contributed by atoms with Crippen molar-refractivity contribution in [1.82, 2.24) is 14.0 Å². The van der Waals surface area contributed by atoms with Gasteiger partial charge in [-0.2, -0.15) is 5.26 Å². The van der Waals surface area contributed by atoms with E-state index in [0.29, 0.717) is 16.9 Å². The molecule has 0 bridgehead atoms. The number of carbonyl (C=O) groups excluding carboxylic acids is 1. The zero-order valence-electron chi connectivity index (χ0n) is 20.6. The van der Waals surface area contributed by atoms with Gasteiger partial charge in [-0.25, -0.2) is 4.79 Å². The number of hydrogen-bond acceptors (Lipinski definition) is 7. The van der Waals surface area contributed by atoms with Gasteiger partial charge in [0, 0.05) is 70.1 Å². The van der Waals surface area contributed by atoms with E-state index >= 15 is 0 Å². The Hall–Kier alpha value is -3.38. The molecule has 0 atom stereocenters. The SMILES string of the molecule is Cn1c(N2CCN(CCCNc3ccc(C#N)cc3C(=O)C3CCCC3)CC2)cc(=O)n(C)c1=O. The first-order chi connectivity index (χ1) is 16.9. The summed E-state index contributed by atoms with van der Waals surface area (Å²) >= 11 is 0. The molecule has 1 aromatic carbocycles. The molecule has 2 fully saturated rings. The van der Waals surface area contributed by atoms with Crippen LogP contribution in [0.3, 0.4) is 0 Å². The molecule has 1 aliphatic heterocycles. The second-order valence-corrected chi connectivity index (χ2v) is 9.57. The molecule has 2 aromatic rings. The number of nitriles is 1. The molecule has 0 radical (unpaired) electrons. The van der Waals surface area contributed by atoms with E-state index in [1.54, 1.807) is 19.2 Å². The molecule has 2 heterocycles. The van der Waals surface area contributed by atoms with Gasteiger partial charge in [-0.1, -0.05) is 12.8 Å². The molecule has 0 unspecified atom stereocenters. The Morgan fingerprint density at radius 1 is 1.06 bits per heavy atom. The Morgan fingerprint density at radius 2 is 1.77 bits per heavy atom. The molecule has 0 amide bonds. The number of hydrogen-bond donors (Lipinski definition) is 1. The molecule has 0 spiro atoms. The van der Waals surface area contributed by atoms with Crippen LogP contribution >= 0.6 is 0 Å². The molecule has 35 heavy (non-hydrogen) atoms. The Bertz CT molecular complexity index is 1230. The summed E-state index contributed by atoms with van der Waals surface area (Å²) in [5.74, 6) is 0.896. The van der Waals surface area contributed by atoms with Crippen LogP contribution in [0.4, 0.5) is 11.5 Å². The fourth-order valence-corrected chi connectivity index (χ4v) is 5.13. The minimum Gasteiger partial charge on any atom is -0.384 e. The highest BCUT2D eigenvalue weighted by Gasteiger charge is 2.26. The van der Waals surface area contributed by atoms with Gasteiger partial charge < -0.3 is 10.2 Å². The molecule has 1 saturated carbocycles. The second kappa shape index (κ2) is 10.9. The van der Waals surface area contributed by atoms with E-state index in [9.17, 15) is 19.6 Å². The van der Waals surface area contributed by atoms with Crippen molar-refractivity contribution in [1.29, 1.82) is 5.26 Å². The van der Waals surface area contributed by atoms with E-state index in [4.69, 9.17) is 0 Å². The van der Waals surface area contributed by atoms with Gasteiger partial charge in [-0.15, -0.1) is 0 Å². The largest absolute Gasteiger partial charge is 0.384 e. The second-order valence-electron chi connectivity index (χ2n) is 9.57. The fraction of sp³-hybridized carbons (Fsp3) is 0.538. The van der Waals surface area contributed by atoms with Crippen LogP contribution in [-0.4, -0.2) is 59.1 Å². The quantitative estimate of drug-likeness (QED) is 0.457. The van der Waals surface area contributed by atoms with Gasteiger partial charge in [0.15, 0.2) is 5.78 Å². The predicted octanol–water partition coefficient (Wildman–Crippen LogP) is 1.95. The third-order valence-corrected chi connectivity index (χ3v) is 7.30. The highest BCUT2D eigenvalue weighted by molar-refractivity contribution is 6.03. The van der Waals surface area contributed by atoms with Gasteiger partial charge in [-0.05, 0) is 44.0 Å². The molecule has 9 heteroatoms. The number of Topliss-reactive ketones (excluding diaryl/α,β-unsaturated/α-hetero) is 1. The molecular weight excluding hydrogens is 444 g/mol. The van der Waals surface area contributed by atoms with Gasteiger partial charge in [-0.3, -0.25) is 23.6 Å². The first-order valence-electron chi connectivity index (χ1n) is 12.5. The smallest absolute Gasteiger partial charge is 0.332 e. The van der Waals surface area contributed by atoms with Crippen LogP contribution in [0, 0.1) is 17.2 Å². The van der Waals surface area contributed by atoms with Crippen molar-refractivity contribution in [2.45, 2.75) is 32.1 Å². The highest BCUT2D eigenvalue weighted by atomic mass is 16.2. The number of carbonyl (C=O) groups is 1. The number of piperazine rings is 1. The minimum atomic E-state index is -0.311. The van der Waals surface area contributed by atoms with Gasteiger partial charge in [0.25, 0.3) is 5.56 Å². The number of nitrogens with one attached hydrogen (secondary N) is 1. The third kappa shape index (κ3) is 5.49. The van der Waals surface area contributed by atoms with E-state index < -0.39 is 0 Å². The Labute approximate surface area is 205 Å². The molecule has 1 aliphatic carbocycles. The first-order valence-corrected chi connectivity index (χ1v) is 12.5. The predicted molar refractivity (Wildman–Crippen MR) is 136 cm³/mol. The van der Waals surface area contributed by atoms with E-state index in [1.165, 1.54) is 17.7 Å². The molecule has 1 saturated heterocycles. The third-order valence-electron chi connectivity index (χ3n) is 7.30. The van der Waals surface area contributed by atoms with Gasteiger partial charge >= 0.3 is 5.69 Å². The monoisotopic (exact) mass is 478 g/mol. The van der Waals surface area contributed by atoms with Crippen molar-refractivity contribution in [3.8, 4) is 6.07 Å². The van der Waals surface area contributed by atoms with Crippen molar-refractivity contribution in [3.63, 3.8) is 0 Å². The van der Waals surface area contributed by atoms with Crippen LogP contribution in [-0.2, 0) is 14.1 Å². The molecular formula is C26H34N6O3. The molecule has 1 N–H and O–H groups in total. The lowest BCUT2D eigenvalue weighted by Gasteiger charge is -2.36. The summed E-state index contributed by atoms with van der Waals surface area (Å²) in [6, 6.07) is 9.03. The molecule has 186 valence electrons. The first kappa shape index (κ1) is 24.7. The van der Waals surface area contributed by atoms with Crippen LogP contribution in [0.15, 0.2) is 33.9 Å². The maximum atomic E-state index is 13.0. The van der Waals surface area contributed by atoms with Crippen molar-refractivity contribution >= 4 is 17.3 Å². The molecule has 9 nitrogen and oxygen atoms in total. The average Bonchev–Trinajstić information content (AvgIpc) is 3.43. The van der Waals surface area contributed by atoms with Crippen LogP contribution in [0.2, 0.25) is 0 Å². The van der Waals surface area contributed by atoms with Crippen LogP contribution in [0.5, 0.6) is 0 Å². The highest BCUT2D eigenvalue weighted by Crippen LogP contribution is 2.31. The van der Waals surface area contributed by atoms with Crippen LogP contribution in [0.25, 0.3) is 0 Å². The van der Waals surface area contributed by atoms with Gasteiger partial charge in [0.2, 0.25) is 0 Å². The maximum Gasteiger partial charge on any atom is 0.332 e. The summed E-state index contributed by atoms with van der Waals surface area (Å²) in [4.78, 5) is 41.8. The number of anilines is 2. The number of aromatic nitrogens is 2. The summed E-state index contributed by atoms with van der Waals surface area (Å²) in [6.45, 7) is 4.86. The van der Waals surface area contributed by atoms with Crippen molar-refractivity contribution in [3.05, 3.63) is 56.2 Å². The summed E-state index contributed by atoms with van der Waals surface area (Å²) < 4.78 is 2.65. The lowest BCUT2D eigenvalue weighted by atomic mass is 9.94. The van der Waals surface area contributed by atoms with E-state index in [1.807, 2.05) is 6.07 Å². The number of ketones is 1. The topological polar surface area (TPSA) is 103 Å².